The van der Waals surface area contributed by atoms with Gasteiger partial charge in [0.15, 0.2) is 29.0 Å². The summed E-state index contributed by atoms with van der Waals surface area (Å²) in [6.45, 7) is 12.0. The number of ether oxygens (including phenoxy) is 8. The monoisotopic (exact) mass is 1040 g/mol. The lowest BCUT2D eigenvalue weighted by Gasteiger charge is -2.28. The van der Waals surface area contributed by atoms with E-state index in [1.807, 2.05) is 26.8 Å². The predicted molar refractivity (Wildman–Crippen MR) is 256 cm³/mol. The molecule has 5 aliphatic heterocycles. The number of nitrogens with zero attached hydrogens (tertiary/aromatic N) is 12. The Labute approximate surface area is 428 Å². The van der Waals surface area contributed by atoms with E-state index in [4.69, 9.17) is 55.1 Å². The fourth-order valence-electron chi connectivity index (χ4n) is 9.52. The van der Waals surface area contributed by atoms with Crippen LogP contribution in [0.15, 0.2) is 55.4 Å². The van der Waals surface area contributed by atoms with Gasteiger partial charge in [-0.1, -0.05) is 0 Å². The van der Waals surface area contributed by atoms with Gasteiger partial charge in [0.05, 0.1) is 42.5 Å². The molecule has 12 atom stereocenters. The smallest absolute Gasteiger partial charge is 0.226 e. The summed E-state index contributed by atoms with van der Waals surface area (Å²) in [4.78, 5) is 11.7. The first-order valence-electron chi connectivity index (χ1n) is 23.4. The number of nitriles is 3. The van der Waals surface area contributed by atoms with E-state index >= 15 is 0 Å². The van der Waals surface area contributed by atoms with Crippen molar-refractivity contribution >= 4 is 34.0 Å². The van der Waals surface area contributed by atoms with E-state index in [9.17, 15) is 41.3 Å². The van der Waals surface area contributed by atoms with Gasteiger partial charge in [-0.25, -0.2) is 28.5 Å². The van der Waals surface area contributed by atoms with Crippen molar-refractivity contribution in [1.82, 2.24) is 43.8 Å². The summed E-state index contributed by atoms with van der Waals surface area (Å²) >= 11 is 0. The van der Waals surface area contributed by atoms with Gasteiger partial charge >= 0.3 is 0 Å². The van der Waals surface area contributed by atoms with Crippen molar-refractivity contribution in [2.75, 3.05) is 44.1 Å². The molecular formula is C47H59N15O13. The van der Waals surface area contributed by atoms with Crippen LogP contribution in [0.5, 0.6) is 0 Å². The van der Waals surface area contributed by atoms with E-state index in [1.165, 1.54) is 38.6 Å². The lowest BCUT2D eigenvalue weighted by Crippen LogP contribution is -2.40. The molecule has 28 nitrogen and oxygen atoms in total. The number of aliphatic hydroxyl groups excluding tert-OH is 5. The molecule has 0 aromatic carbocycles. The second kappa shape index (κ2) is 20.1. The Kier molecular flexibility index (Phi) is 14.6. The highest BCUT2D eigenvalue weighted by molar-refractivity contribution is 5.68. The Morgan fingerprint density at radius 3 is 1.17 bits per heavy atom. The van der Waals surface area contributed by atoms with Crippen LogP contribution in [-0.2, 0) is 54.7 Å². The summed E-state index contributed by atoms with van der Waals surface area (Å²) in [5.74, 6) is -0.968. The van der Waals surface area contributed by atoms with Gasteiger partial charge in [0, 0.05) is 7.11 Å². The number of hydrogen-bond acceptors (Lipinski definition) is 25. The van der Waals surface area contributed by atoms with Crippen LogP contribution in [0.25, 0.3) is 16.6 Å². The SMILES string of the molecule is CC1(C)O[C@H]2[C@@H](O1)[C@](C#N)(c1ccc3c(N)ncnn13)O[C@@H]2CO.CC1(C)O[C@H]2[C@@H](O1)[C@](C#N)(c1ccc3c(N)ncnn13)O[C@@H]2CO.COC(C)(C)C.N#C[C@@]1(c2ccc3c(N)ncnn23)O[C@H](CO)[C@@H](O)[C@H]1O. The highest BCUT2D eigenvalue weighted by atomic mass is 16.8. The van der Waals surface area contributed by atoms with E-state index in [0.717, 1.165) is 0 Å². The molecule has 0 amide bonds. The van der Waals surface area contributed by atoms with Crippen LogP contribution >= 0.6 is 0 Å². The minimum absolute atomic E-state index is 0.0417. The van der Waals surface area contributed by atoms with Crippen LogP contribution in [0.1, 0.15) is 65.5 Å². The number of rotatable bonds is 6. The molecule has 5 fully saturated rings. The minimum atomic E-state index is -1.85. The summed E-state index contributed by atoms with van der Waals surface area (Å²) < 4.78 is 50.1. The van der Waals surface area contributed by atoms with Crippen molar-refractivity contribution in [1.29, 1.82) is 15.8 Å². The Morgan fingerprint density at radius 2 is 0.880 bits per heavy atom. The average Bonchev–Trinajstić information content (AvgIpc) is 4.27. The molecular weight excluding hydrogens is 983 g/mol. The van der Waals surface area contributed by atoms with E-state index in [0.29, 0.717) is 39.6 Å². The maximum absolute atomic E-state index is 10.2. The number of nitrogen functional groups attached to an aromatic ring is 3. The topological polar surface area (TPSA) is 415 Å². The van der Waals surface area contributed by atoms with Gasteiger partial charge in [0.2, 0.25) is 16.8 Å². The van der Waals surface area contributed by atoms with Gasteiger partial charge in [-0.2, -0.15) is 31.1 Å². The summed E-state index contributed by atoms with van der Waals surface area (Å²) in [5, 5.41) is 90.4. The van der Waals surface area contributed by atoms with Crippen molar-refractivity contribution in [3.05, 3.63) is 72.5 Å². The van der Waals surface area contributed by atoms with E-state index < -0.39 is 89.9 Å². The third-order valence-corrected chi connectivity index (χ3v) is 13.2. The molecule has 5 aliphatic rings. The van der Waals surface area contributed by atoms with Crippen molar-refractivity contribution in [2.24, 2.45) is 0 Å². The lowest BCUT2D eigenvalue weighted by atomic mass is 9.92. The molecule has 11 N–H and O–H groups in total. The normalized spacial score (nSPS) is 32.0. The molecule has 0 spiro atoms. The zero-order valence-corrected chi connectivity index (χ0v) is 42.1. The van der Waals surface area contributed by atoms with Gasteiger partial charge in [-0.05, 0) is 84.9 Å². The molecule has 11 heterocycles. The molecule has 0 bridgehead atoms. The van der Waals surface area contributed by atoms with Crippen molar-refractivity contribution in [2.45, 2.75) is 137 Å². The largest absolute Gasteiger partial charge is 0.394 e. The summed E-state index contributed by atoms with van der Waals surface area (Å²) in [7, 11) is 1.71. The molecule has 0 saturated carbocycles. The summed E-state index contributed by atoms with van der Waals surface area (Å²) in [6.07, 6.45) is -4.05. The number of aromatic nitrogens is 9. The molecule has 0 aliphatic carbocycles. The van der Waals surface area contributed by atoms with Crippen LogP contribution in [-0.4, -0.2) is 168 Å². The fourth-order valence-corrected chi connectivity index (χ4v) is 9.52. The van der Waals surface area contributed by atoms with Gasteiger partial charge in [0.1, 0.15) is 109 Å². The maximum Gasteiger partial charge on any atom is 0.226 e. The molecule has 400 valence electrons. The number of nitrogens with two attached hydrogens (primary N) is 3. The molecule has 75 heavy (non-hydrogen) atoms. The molecule has 28 heteroatoms. The van der Waals surface area contributed by atoms with Crippen LogP contribution in [0.2, 0.25) is 0 Å². The van der Waals surface area contributed by atoms with E-state index in [-0.39, 0.29) is 30.3 Å². The third-order valence-electron chi connectivity index (χ3n) is 13.2. The lowest BCUT2D eigenvalue weighted by molar-refractivity contribution is -0.204. The van der Waals surface area contributed by atoms with Gasteiger partial charge in [-0.3, -0.25) is 0 Å². The molecule has 6 aromatic heterocycles. The van der Waals surface area contributed by atoms with Gasteiger partial charge < -0.3 is 80.6 Å². The Morgan fingerprint density at radius 1 is 0.560 bits per heavy atom. The summed E-state index contributed by atoms with van der Waals surface area (Å²) in [5.41, 5.74) is 15.4. The molecule has 11 rings (SSSR count). The first-order valence-corrected chi connectivity index (χ1v) is 23.4. The minimum Gasteiger partial charge on any atom is -0.394 e. The number of fused-ring (bicyclic) bond motifs is 5. The predicted octanol–water partition coefficient (Wildman–Crippen LogP) is -0.542. The van der Waals surface area contributed by atoms with Gasteiger partial charge in [0.25, 0.3) is 0 Å². The van der Waals surface area contributed by atoms with Crippen LogP contribution < -0.4 is 17.2 Å². The highest BCUT2D eigenvalue weighted by Gasteiger charge is 2.66. The molecule has 6 aromatic rings. The number of anilines is 3. The first kappa shape index (κ1) is 54.5. The third kappa shape index (κ3) is 9.31. The molecule has 0 unspecified atom stereocenters. The average molecular weight is 1040 g/mol. The number of aliphatic hydroxyl groups is 5. The molecule has 5 saturated heterocycles. The Balaban J connectivity index is 0.000000142. The van der Waals surface area contributed by atoms with E-state index in [2.05, 4.69) is 42.4 Å². The number of methoxy groups -OCH3 is 1. The van der Waals surface area contributed by atoms with Crippen molar-refractivity contribution < 1.29 is 63.4 Å². The first-order chi connectivity index (χ1) is 35.4. The van der Waals surface area contributed by atoms with Crippen LogP contribution in [0.3, 0.4) is 0 Å². The maximum atomic E-state index is 10.2. The summed E-state index contributed by atoms with van der Waals surface area (Å²) in [6, 6.07) is 16.2. The molecule has 0 radical (unpaired) electrons. The fraction of sp³-hybridized carbons (Fsp3) is 0.553. The Bertz CT molecular complexity index is 3040. The van der Waals surface area contributed by atoms with Crippen LogP contribution in [0, 0.1) is 34.0 Å². The van der Waals surface area contributed by atoms with E-state index in [1.54, 1.807) is 65.1 Å². The zero-order valence-electron chi connectivity index (χ0n) is 42.1. The highest BCUT2D eigenvalue weighted by Crippen LogP contribution is 2.51. The number of hydrogen-bond donors (Lipinski definition) is 8. The quantitative estimate of drug-likeness (QED) is 0.104. The second-order valence-corrected chi connectivity index (χ2v) is 19.8. The Hall–Kier alpha value is -6.79. The van der Waals surface area contributed by atoms with Crippen molar-refractivity contribution in [3.8, 4) is 18.2 Å². The zero-order chi connectivity index (χ0) is 54.6. The van der Waals surface area contributed by atoms with Gasteiger partial charge in [-0.15, -0.1) is 0 Å². The van der Waals surface area contributed by atoms with Crippen molar-refractivity contribution in [3.63, 3.8) is 0 Å². The second-order valence-electron chi connectivity index (χ2n) is 19.8. The standard InChI is InChI=1S/2C15H17N5O4.C12H13N5O4.C5H12O/c2*1-14(2)23-11-9(5-21)22-15(6-16,12(11)24-14)10-4-3-8-13(17)18-7-19-20(8)10;13-4-12(10(20)9(19)7(3-18)21-12)8-2-1-6-11(14)15-5-16-17(6)8;1-5(2,3)6-4/h2*3-4,7,9,11-12,21H,5H2,1-2H3,(H2,17,18,19);1-2,5,7,9-10,18-20H,3H2,(H2,14,15,16);1-4H3/t2*9-,11-,12-,15+;7-,9-,10-,12+;/m111./s1. The van der Waals surface area contributed by atoms with Crippen LogP contribution in [0.4, 0.5) is 17.5 Å².